The molecule has 0 unspecified atom stereocenters. The van der Waals surface area contributed by atoms with E-state index < -0.39 is 11.6 Å². The van der Waals surface area contributed by atoms with Crippen LogP contribution in [0, 0.1) is 18.6 Å². The first kappa shape index (κ1) is 15.9. The Bertz CT molecular complexity index is 719. The summed E-state index contributed by atoms with van der Waals surface area (Å²) in [4.78, 5) is 18.1. The molecule has 0 radical (unpaired) electrons. The van der Waals surface area contributed by atoms with Gasteiger partial charge in [0.2, 0.25) is 5.91 Å². The molecule has 1 atom stereocenters. The van der Waals surface area contributed by atoms with E-state index in [1.165, 1.54) is 23.5 Å². The average molecular weight is 337 g/mol. The van der Waals surface area contributed by atoms with E-state index in [1.54, 1.807) is 0 Å². The van der Waals surface area contributed by atoms with E-state index in [9.17, 15) is 13.6 Å². The van der Waals surface area contributed by atoms with Gasteiger partial charge in [-0.15, -0.1) is 11.3 Å². The molecule has 3 rings (SSSR count). The molecule has 2 heterocycles. The van der Waals surface area contributed by atoms with Crippen LogP contribution in [0.2, 0.25) is 0 Å². The van der Waals surface area contributed by atoms with Crippen molar-refractivity contribution in [1.82, 2.24) is 10.3 Å². The molecule has 0 bridgehead atoms. The second-order valence-corrected chi connectivity index (χ2v) is 6.69. The summed E-state index contributed by atoms with van der Waals surface area (Å²) in [7, 11) is 0. The standard InChI is InChI=1S/C16H17F2N3OS/c1-10-19-13(9-23-10)7-16(22)20-12-4-5-21(8-12)15-3-2-11(17)6-14(15)18/h2-3,6,9,12H,4-5,7-8H2,1H3,(H,20,22)/t12-/m1/s1. The van der Waals surface area contributed by atoms with Crippen LogP contribution in [0.15, 0.2) is 23.6 Å². The van der Waals surface area contributed by atoms with Gasteiger partial charge in [0.1, 0.15) is 11.6 Å². The number of carbonyl (C=O) groups is 1. The van der Waals surface area contributed by atoms with Crippen molar-refractivity contribution in [2.75, 3.05) is 18.0 Å². The van der Waals surface area contributed by atoms with E-state index in [0.29, 0.717) is 18.8 Å². The van der Waals surface area contributed by atoms with Crippen molar-refractivity contribution in [2.24, 2.45) is 0 Å². The van der Waals surface area contributed by atoms with Gasteiger partial charge in [0.15, 0.2) is 0 Å². The Kier molecular flexibility index (Phi) is 4.56. The molecular weight excluding hydrogens is 320 g/mol. The quantitative estimate of drug-likeness (QED) is 0.933. The fraction of sp³-hybridized carbons (Fsp3) is 0.375. The van der Waals surface area contributed by atoms with E-state index in [2.05, 4.69) is 10.3 Å². The predicted octanol–water partition coefficient (Wildman–Crippen LogP) is 2.67. The highest BCUT2D eigenvalue weighted by Crippen LogP contribution is 2.24. The SMILES string of the molecule is Cc1nc(CC(=O)N[C@@H]2CCN(c3ccc(F)cc3F)C2)cs1. The average Bonchev–Trinajstić information content (AvgIpc) is 3.08. The Labute approximate surface area is 137 Å². The van der Waals surface area contributed by atoms with Gasteiger partial charge in [-0.05, 0) is 25.5 Å². The molecule has 1 aromatic heterocycles. The summed E-state index contributed by atoms with van der Waals surface area (Å²) in [5.74, 6) is -1.24. The Morgan fingerprint density at radius 2 is 2.30 bits per heavy atom. The summed E-state index contributed by atoms with van der Waals surface area (Å²) < 4.78 is 26.8. The Morgan fingerprint density at radius 3 is 3.00 bits per heavy atom. The molecule has 0 saturated carbocycles. The van der Waals surface area contributed by atoms with Gasteiger partial charge in [0, 0.05) is 30.6 Å². The minimum atomic E-state index is -0.589. The molecule has 1 aromatic carbocycles. The molecule has 1 N–H and O–H groups in total. The highest BCUT2D eigenvalue weighted by Gasteiger charge is 2.26. The predicted molar refractivity (Wildman–Crippen MR) is 85.7 cm³/mol. The Hall–Kier alpha value is -2.02. The number of anilines is 1. The van der Waals surface area contributed by atoms with Gasteiger partial charge in [0.25, 0.3) is 0 Å². The van der Waals surface area contributed by atoms with Crippen molar-refractivity contribution in [3.05, 3.63) is 45.9 Å². The molecule has 1 amide bonds. The summed E-state index contributed by atoms with van der Waals surface area (Å²) in [5.41, 5.74) is 1.14. The first-order valence-electron chi connectivity index (χ1n) is 7.41. The van der Waals surface area contributed by atoms with Gasteiger partial charge in [-0.1, -0.05) is 0 Å². The van der Waals surface area contributed by atoms with Crippen molar-refractivity contribution in [3.8, 4) is 0 Å². The minimum Gasteiger partial charge on any atom is -0.367 e. The van der Waals surface area contributed by atoms with E-state index in [1.807, 2.05) is 17.2 Å². The summed E-state index contributed by atoms with van der Waals surface area (Å²) in [6.45, 7) is 3.05. The molecule has 1 saturated heterocycles. The van der Waals surface area contributed by atoms with Gasteiger partial charge in [-0.25, -0.2) is 13.8 Å². The highest BCUT2D eigenvalue weighted by atomic mass is 32.1. The first-order chi connectivity index (χ1) is 11.0. The molecule has 23 heavy (non-hydrogen) atoms. The summed E-state index contributed by atoms with van der Waals surface area (Å²) in [6.07, 6.45) is 0.990. The number of nitrogens with zero attached hydrogens (tertiary/aromatic N) is 2. The number of amides is 1. The number of aromatic nitrogens is 1. The summed E-state index contributed by atoms with van der Waals surface area (Å²) in [6, 6.07) is 3.53. The number of thiazole rings is 1. The fourth-order valence-corrected chi connectivity index (χ4v) is 3.38. The smallest absolute Gasteiger partial charge is 0.226 e. The van der Waals surface area contributed by atoms with E-state index in [-0.39, 0.29) is 18.4 Å². The van der Waals surface area contributed by atoms with Crippen LogP contribution in [-0.2, 0) is 11.2 Å². The molecule has 7 heteroatoms. The fourth-order valence-electron chi connectivity index (χ4n) is 2.77. The van der Waals surface area contributed by atoms with E-state index in [0.717, 1.165) is 23.2 Å². The van der Waals surface area contributed by atoms with Crippen LogP contribution < -0.4 is 10.2 Å². The summed E-state index contributed by atoms with van der Waals surface area (Å²) in [5, 5.41) is 5.77. The van der Waals surface area contributed by atoms with Gasteiger partial charge < -0.3 is 10.2 Å². The second kappa shape index (κ2) is 6.62. The maximum atomic E-state index is 13.8. The molecule has 0 aliphatic carbocycles. The van der Waals surface area contributed by atoms with Gasteiger partial charge in [-0.2, -0.15) is 0 Å². The molecule has 4 nitrogen and oxygen atoms in total. The third kappa shape index (κ3) is 3.85. The number of rotatable bonds is 4. The Balaban J connectivity index is 1.56. The maximum Gasteiger partial charge on any atom is 0.226 e. The van der Waals surface area contributed by atoms with Crippen LogP contribution in [0.1, 0.15) is 17.1 Å². The lowest BCUT2D eigenvalue weighted by molar-refractivity contribution is -0.121. The van der Waals surface area contributed by atoms with Crippen molar-refractivity contribution in [1.29, 1.82) is 0 Å². The van der Waals surface area contributed by atoms with Crippen molar-refractivity contribution < 1.29 is 13.6 Å². The molecule has 1 fully saturated rings. The van der Waals surface area contributed by atoms with Crippen LogP contribution in [0.5, 0.6) is 0 Å². The van der Waals surface area contributed by atoms with Crippen LogP contribution in [-0.4, -0.2) is 30.0 Å². The molecule has 2 aromatic rings. The lowest BCUT2D eigenvalue weighted by Gasteiger charge is -2.19. The van der Waals surface area contributed by atoms with Gasteiger partial charge in [0.05, 0.1) is 22.8 Å². The largest absolute Gasteiger partial charge is 0.367 e. The molecule has 1 aliphatic heterocycles. The monoisotopic (exact) mass is 337 g/mol. The lowest BCUT2D eigenvalue weighted by atomic mass is 10.2. The van der Waals surface area contributed by atoms with Crippen LogP contribution in [0.4, 0.5) is 14.5 Å². The highest BCUT2D eigenvalue weighted by molar-refractivity contribution is 7.09. The first-order valence-corrected chi connectivity index (χ1v) is 8.29. The van der Waals surface area contributed by atoms with Crippen molar-refractivity contribution in [3.63, 3.8) is 0 Å². The molecular formula is C16H17F2N3OS. The van der Waals surface area contributed by atoms with E-state index in [4.69, 9.17) is 0 Å². The van der Waals surface area contributed by atoms with Crippen molar-refractivity contribution >= 4 is 22.9 Å². The third-order valence-electron chi connectivity index (χ3n) is 3.81. The Morgan fingerprint density at radius 1 is 1.48 bits per heavy atom. The number of hydrogen-bond acceptors (Lipinski definition) is 4. The minimum absolute atomic E-state index is 0.0355. The number of hydrogen-bond donors (Lipinski definition) is 1. The molecule has 122 valence electrons. The maximum absolute atomic E-state index is 13.8. The van der Waals surface area contributed by atoms with Gasteiger partial charge >= 0.3 is 0 Å². The number of nitrogens with one attached hydrogen (secondary N) is 1. The van der Waals surface area contributed by atoms with Crippen LogP contribution >= 0.6 is 11.3 Å². The molecule has 0 spiro atoms. The zero-order valence-corrected chi connectivity index (χ0v) is 13.5. The van der Waals surface area contributed by atoms with E-state index >= 15 is 0 Å². The lowest BCUT2D eigenvalue weighted by Crippen LogP contribution is -2.38. The number of halogens is 2. The summed E-state index contributed by atoms with van der Waals surface area (Å²) >= 11 is 1.52. The topological polar surface area (TPSA) is 45.2 Å². The zero-order chi connectivity index (χ0) is 16.4. The molecule has 1 aliphatic rings. The number of benzene rings is 1. The van der Waals surface area contributed by atoms with Crippen molar-refractivity contribution in [2.45, 2.75) is 25.8 Å². The number of carbonyl (C=O) groups excluding carboxylic acids is 1. The van der Waals surface area contributed by atoms with Crippen LogP contribution in [0.3, 0.4) is 0 Å². The second-order valence-electron chi connectivity index (χ2n) is 5.63. The normalized spacial score (nSPS) is 17.5. The number of aryl methyl sites for hydroxylation is 1. The van der Waals surface area contributed by atoms with Crippen LogP contribution in [0.25, 0.3) is 0 Å². The van der Waals surface area contributed by atoms with Gasteiger partial charge in [-0.3, -0.25) is 4.79 Å². The zero-order valence-electron chi connectivity index (χ0n) is 12.7. The third-order valence-corrected chi connectivity index (χ3v) is 4.63.